The van der Waals surface area contributed by atoms with Crippen molar-refractivity contribution in [1.29, 1.82) is 0 Å². The number of fused-ring (bicyclic) bond motifs is 1. The maximum Gasteiger partial charge on any atom is 0.407 e. The molecule has 1 aromatic carbocycles. The molecular formula is C30H40N4O8. The molecule has 1 fully saturated rings. The van der Waals surface area contributed by atoms with Gasteiger partial charge in [-0.2, -0.15) is 0 Å². The monoisotopic (exact) mass is 584 g/mol. The summed E-state index contributed by atoms with van der Waals surface area (Å²) in [4.78, 5) is 76.3. The lowest BCUT2D eigenvalue weighted by Crippen LogP contribution is -2.48. The van der Waals surface area contributed by atoms with E-state index in [2.05, 4.69) is 20.9 Å². The number of unbranched alkanes of at least 4 members (excludes halogenated alkanes) is 2. The molecule has 1 aliphatic carbocycles. The summed E-state index contributed by atoms with van der Waals surface area (Å²) < 4.78 is 10.2. The first-order valence-electron chi connectivity index (χ1n) is 14.3. The van der Waals surface area contributed by atoms with E-state index in [-0.39, 0.29) is 44.6 Å². The average Bonchev–Trinajstić information content (AvgIpc) is 3.47. The summed E-state index contributed by atoms with van der Waals surface area (Å²) in [5.41, 5.74) is 1.17. The van der Waals surface area contributed by atoms with Crippen molar-refractivity contribution in [3.05, 3.63) is 36.0 Å². The van der Waals surface area contributed by atoms with Gasteiger partial charge >= 0.3 is 12.1 Å². The lowest BCUT2D eigenvalue weighted by atomic mass is 10.0. The van der Waals surface area contributed by atoms with Crippen LogP contribution in [0.1, 0.15) is 71.3 Å². The van der Waals surface area contributed by atoms with Crippen molar-refractivity contribution in [2.75, 3.05) is 13.1 Å². The molecule has 4 N–H and O–H groups in total. The summed E-state index contributed by atoms with van der Waals surface area (Å²) in [5, 5.41) is 9.06. The highest BCUT2D eigenvalue weighted by Crippen LogP contribution is 2.19. The average molecular weight is 585 g/mol. The van der Waals surface area contributed by atoms with Crippen molar-refractivity contribution in [3.8, 4) is 0 Å². The molecule has 12 nitrogen and oxygen atoms in total. The number of nitrogens with one attached hydrogen (secondary N) is 4. The van der Waals surface area contributed by atoms with E-state index in [0.29, 0.717) is 25.8 Å². The zero-order chi connectivity index (χ0) is 30.7. The maximum absolute atomic E-state index is 13.1. The van der Waals surface area contributed by atoms with Crippen molar-refractivity contribution in [3.63, 3.8) is 0 Å². The van der Waals surface area contributed by atoms with E-state index >= 15 is 0 Å². The second kappa shape index (κ2) is 15.1. The summed E-state index contributed by atoms with van der Waals surface area (Å²) in [6.45, 7) is 5.70. The Morgan fingerprint density at radius 2 is 1.67 bits per heavy atom. The first-order chi connectivity index (χ1) is 19.9. The molecular weight excluding hydrogens is 544 g/mol. The Balaban J connectivity index is 1.49. The summed E-state index contributed by atoms with van der Waals surface area (Å²) in [5.74, 6) is -2.37. The van der Waals surface area contributed by atoms with Crippen molar-refractivity contribution in [1.82, 2.24) is 20.9 Å². The summed E-state index contributed by atoms with van der Waals surface area (Å²) in [6.07, 6.45) is 2.18. The number of benzene rings is 1. The second-order valence-corrected chi connectivity index (χ2v) is 11.3. The van der Waals surface area contributed by atoms with Gasteiger partial charge in [0.05, 0.1) is 6.42 Å². The number of ketones is 2. The standard InChI is InChI=1S/C30H40N4O8/c1-30(2,3)42-29(40)32-15-8-4-5-11-25(37)34-22(17-19-18-33-21-10-7-6-9-20(19)21)28(39)31-16-14-26(38)41-27-23(35)12-13-24(27)36/h6-7,9-10,18,22,27,33H,4-5,8,11-17H2,1-3H3,(H,31,39)(H,32,40)(H,34,37). The van der Waals surface area contributed by atoms with Crippen LogP contribution in [-0.2, 0) is 39.9 Å². The SMILES string of the molecule is CC(C)(C)OC(=O)NCCCCCC(=O)NC(Cc1c[nH]c2ccccc12)C(=O)NCCC(=O)OC1C(=O)CCC1=O. The predicted molar refractivity (Wildman–Crippen MR) is 153 cm³/mol. The molecule has 0 radical (unpaired) electrons. The van der Waals surface area contributed by atoms with E-state index in [9.17, 15) is 28.8 Å². The van der Waals surface area contributed by atoms with Gasteiger partial charge in [-0.05, 0) is 45.2 Å². The molecule has 0 aliphatic heterocycles. The number of aromatic nitrogens is 1. The van der Waals surface area contributed by atoms with Crippen molar-refractivity contribution in [2.24, 2.45) is 0 Å². The molecule has 42 heavy (non-hydrogen) atoms. The fraction of sp³-hybridized carbons (Fsp3) is 0.533. The molecule has 3 amide bonds. The number of hydrogen-bond acceptors (Lipinski definition) is 8. The lowest BCUT2D eigenvalue weighted by molar-refractivity contribution is -0.157. The number of H-pyrrole nitrogens is 1. The number of carbonyl (C=O) groups is 6. The number of rotatable bonds is 14. The minimum absolute atomic E-state index is 0.0612. The number of alkyl carbamates (subject to hydrolysis) is 1. The minimum atomic E-state index is -1.35. The zero-order valence-corrected chi connectivity index (χ0v) is 24.4. The van der Waals surface area contributed by atoms with Gasteiger partial charge in [0.15, 0.2) is 11.6 Å². The van der Waals surface area contributed by atoms with E-state index in [1.807, 2.05) is 24.3 Å². The number of para-hydroxylation sites is 1. The third-order valence-electron chi connectivity index (χ3n) is 6.58. The Morgan fingerprint density at radius 3 is 2.38 bits per heavy atom. The molecule has 2 aromatic rings. The Hall–Kier alpha value is -4.22. The van der Waals surface area contributed by atoms with Crippen LogP contribution in [0.2, 0.25) is 0 Å². The number of Topliss-reactive ketones (excluding diaryl/α,β-unsaturated/α-hetero) is 2. The Morgan fingerprint density at radius 1 is 0.952 bits per heavy atom. The van der Waals surface area contributed by atoms with Gasteiger partial charge in [-0.1, -0.05) is 24.6 Å². The van der Waals surface area contributed by atoms with Crippen LogP contribution in [0.4, 0.5) is 4.79 Å². The largest absolute Gasteiger partial charge is 0.446 e. The van der Waals surface area contributed by atoms with Crippen LogP contribution in [0, 0.1) is 0 Å². The van der Waals surface area contributed by atoms with Crippen molar-refractivity contribution >= 4 is 46.3 Å². The predicted octanol–water partition coefficient (Wildman–Crippen LogP) is 2.63. The van der Waals surface area contributed by atoms with E-state index in [0.717, 1.165) is 16.5 Å². The number of amides is 3. The molecule has 1 aliphatic rings. The fourth-order valence-corrected chi connectivity index (χ4v) is 4.51. The molecule has 1 aromatic heterocycles. The van der Waals surface area contributed by atoms with Crippen LogP contribution >= 0.6 is 0 Å². The fourth-order valence-electron chi connectivity index (χ4n) is 4.51. The van der Waals surface area contributed by atoms with Gasteiger partial charge in [0.2, 0.25) is 17.9 Å². The highest BCUT2D eigenvalue weighted by atomic mass is 16.6. The Kier molecular flexibility index (Phi) is 11.6. The van der Waals surface area contributed by atoms with Gasteiger partial charge in [0.25, 0.3) is 0 Å². The third-order valence-corrected chi connectivity index (χ3v) is 6.58. The molecule has 3 rings (SSSR count). The summed E-state index contributed by atoms with van der Waals surface area (Å²) in [6, 6.07) is 6.71. The first kappa shape index (κ1) is 32.3. The van der Waals surface area contributed by atoms with Gasteiger partial charge in [-0.15, -0.1) is 0 Å². The topological polar surface area (TPSA) is 173 Å². The van der Waals surface area contributed by atoms with Crippen LogP contribution in [0.15, 0.2) is 30.5 Å². The third kappa shape index (κ3) is 10.3. The molecule has 0 saturated heterocycles. The lowest BCUT2D eigenvalue weighted by Gasteiger charge is -2.19. The van der Waals surface area contributed by atoms with Crippen LogP contribution in [0.25, 0.3) is 10.9 Å². The van der Waals surface area contributed by atoms with E-state index in [1.54, 1.807) is 27.0 Å². The van der Waals surface area contributed by atoms with Crippen LogP contribution in [0.5, 0.6) is 0 Å². The van der Waals surface area contributed by atoms with Crippen LogP contribution < -0.4 is 16.0 Å². The highest BCUT2D eigenvalue weighted by molar-refractivity contribution is 6.12. The molecule has 228 valence electrons. The van der Waals surface area contributed by atoms with Gasteiger partial charge < -0.3 is 30.4 Å². The second-order valence-electron chi connectivity index (χ2n) is 11.3. The quantitative estimate of drug-likeness (QED) is 0.149. The van der Waals surface area contributed by atoms with Crippen molar-refractivity contribution in [2.45, 2.75) is 89.9 Å². The smallest absolute Gasteiger partial charge is 0.407 e. The molecule has 12 heteroatoms. The number of carbonyl (C=O) groups excluding carboxylic acids is 6. The van der Waals surface area contributed by atoms with E-state index in [4.69, 9.17) is 9.47 Å². The molecule has 0 spiro atoms. The number of esters is 1. The highest BCUT2D eigenvalue weighted by Gasteiger charge is 2.36. The van der Waals surface area contributed by atoms with Gasteiger partial charge in [0.1, 0.15) is 11.6 Å². The molecule has 1 atom stereocenters. The van der Waals surface area contributed by atoms with Gasteiger partial charge in [-0.25, -0.2) is 4.79 Å². The number of hydrogen-bond donors (Lipinski definition) is 4. The van der Waals surface area contributed by atoms with Crippen molar-refractivity contribution < 1.29 is 38.2 Å². The molecule has 1 unspecified atom stereocenters. The Labute approximate surface area is 244 Å². The maximum atomic E-state index is 13.1. The molecule has 1 saturated carbocycles. The zero-order valence-electron chi connectivity index (χ0n) is 24.4. The molecule has 0 bridgehead atoms. The summed E-state index contributed by atoms with van der Waals surface area (Å²) in [7, 11) is 0. The number of aromatic amines is 1. The molecule has 1 heterocycles. The van der Waals surface area contributed by atoms with Crippen LogP contribution in [-0.4, -0.2) is 71.3 Å². The summed E-state index contributed by atoms with van der Waals surface area (Å²) >= 11 is 0. The van der Waals surface area contributed by atoms with E-state index in [1.165, 1.54) is 0 Å². The van der Waals surface area contributed by atoms with E-state index < -0.39 is 47.3 Å². The first-order valence-corrected chi connectivity index (χ1v) is 14.3. The van der Waals surface area contributed by atoms with Gasteiger partial charge in [0, 0.05) is 55.9 Å². The Bertz CT molecular complexity index is 1280. The minimum Gasteiger partial charge on any atom is -0.446 e. The van der Waals surface area contributed by atoms with Gasteiger partial charge in [-0.3, -0.25) is 24.0 Å². The normalized spacial score (nSPS) is 14.5. The van der Waals surface area contributed by atoms with Crippen LogP contribution in [0.3, 0.4) is 0 Å². The number of ether oxygens (including phenoxy) is 2.